The number of benzene rings is 1. The van der Waals surface area contributed by atoms with Gasteiger partial charge in [-0.15, -0.1) is 15.3 Å². The number of aliphatic hydroxyl groups excluding tert-OH is 1. The third-order valence-corrected chi connectivity index (χ3v) is 10.5. The largest absolute Gasteiger partial charge is 0.458 e. The second-order valence-corrected chi connectivity index (χ2v) is 16.7. The number of aromatic nitrogens is 15. The predicted molar refractivity (Wildman–Crippen MR) is 237 cm³/mol. The number of ether oxygens (including phenoxy) is 2. The van der Waals surface area contributed by atoms with Crippen molar-refractivity contribution in [3.63, 3.8) is 0 Å². The van der Waals surface area contributed by atoms with E-state index < -0.39 is 75.1 Å². The van der Waals surface area contributed by atoms with Crippen molar-refractivity contribution in [2.75, 3.05) is 20.0 Å². The zero-order chi connectivity index (χ0) is 53.2. The van der Waals surface area contributed by atoms with Crippen LogP contribution in [0.5, 0.6) is 0 Å². The molecule has 0 amide bonds. The minimum absolute atomic E-state index is 0.00903. The van der Waals surface area contributed by atoms with Gasteiger partial charge in [-0.3, -0.25) is 13.8 Å². The van der Waals surface area contributed by atoms with Gasteiger partial charge in [0.2, 0.25) is 0 Å². The number of hydrogen-bond acceptors (Lipinski definition) is 23. The summed E-state index contributed by atoms with van der Waals surface area (Å²) in [5.74, 6) is -2.15. The average molecular weight is 1040 g/mol. The van der Waals surface area contributed by atoms with E-state index in [-0.39, 0.29) is 62.0 Å². The van der Waals surface area contributed by atoms with Crippen molar-refractivity contribution in [1.82, 2.24) is 73.6 Å². The number of carbonyl (C=O) groups is 2. The second-order valence-electron chi connectivity index (χ2n) is 15.1. The number of aryl methyl sites for hydroxylation is 1. The number of alkyl halides is 2. The Morgan fingerprint density at radius 2 is 1.03 bits per heavy atom. The van der Waals surface area contributed by atoms with Crippen molar-refractivity contribution in [1.29, 1.82) is 0 Å². The number of carbonyl (C=O) groups excluding carboxylic acids is 2. The first kappa shape index (κ1) is 55.1. The monoisotopic (exact) mass is 1040 g/mol. The smallest absolute Gasteiger partial charge is 0.434 e. The van der Waals surface area contributed by atoms with Crippen LogP contribution >= 0.6 is 0 Å². The number of nitro groups is 3. The Balaban J connectivity index is 0.000000212. The van der Waals surface area contributed by atoms with Crippen molar-refractivity contribution >= 4 is 39.9 Å². The number of imidazole rings is 3. The number of esters is 2. The number of rotatable bonds is 23. The molecule has 1 N–H and O–H groups in total. The number of halogens is 2. The van der Waals surface area contributed by atoms with Crippen molar-refractivity contribution < 1.29 is 60.3 Å². The first-order chi connectivity index (χ1) is 34.7. The Morgan fingerprint density at radius 3 is 1.40 bits per heavy atom. The van der Waals surface area contributed by atoms with Crippen LogP contribution in [-0.2, 0) is 72.6 Å². The van der Waals surface area contributed by atoms with Gasteiger partial charge < -0.3 is 44.9 Å². The van der Waals surface area contributed by atoms with E-state index in [1.165, 1.54) is 109 Å². The molecule has 0 bridgehead atoms. The van der Waals surface area contributed by atoms with E-state index in [4.69, 9.17) is 18.8 Å². The summed E-state index contributed by atoms with van der Waals surface area (Å²) in [7, 11) is -4.05. The molecule has 0 saturated heterocycles. The molecular formula is C38H44F2N18O14S. The van der Waals surface area contributed by atoms with Gasteiger partial charge >= 0.3 is 29.8 Å². The molecular weight excluding hydrogens is 1000 g/mol. The molecule has 0 fully saturated rings. The fourth-order valence-corrected chi connectivity index (χ4v) is 7.08. The van der Waals surface area contributed by atoms with E-state index in [1.54, 1.807) is 12.1 Å². The molecule has 32 nitrogen and oxygen atoms in total. The van der Waals surface area contributed by atoms with Crippen LogP contribution in [0.4, 0.5) is 26.6 Å². The lowest BCUT2D eigenvalue weighted by Crippen LogP contribution is -2.29. The van der Waals surface area contributed by atoms with Crippen LogP contribution in [0.25, 0.3) is 0 Å². The zero-order valence-corrected chi connectivity index (χ0v) is 39.4. The normalized spacial score (nSPS) is 12.4. The Labute approximate surface area is 409 Å². The van der Waals surface area contributed by atoms with Crippen molar-refractivity contribution in [3.8, 4) is 0 Å². The fraction of sp³-hybridized carbons (Fsp3) is 0.395. The maximum atomic E-state index is 12.7. The molecule has 1 aromatic carbocycles. The second kappa shape index (κ2) is 25.8. The summed E-state index contributed by atoms with van der Waals surface area (Å²) < 4.78 is 72.4. The lowest BCUT2D eigenvalue weighted by atomic mass is 10.2. The summed E-state index contributed by atoms with van der Waals surface area (Å²) in [6, 6.07) is 6.12. The Bertz CT molecular complexity index is 3060. The Hall–Kier alpha value is -8.86. The van der Waals surface area contributed by atoms with E-state index in [2.05, 4.69) is 45.9 Å². The molecule has 0 radical (unpaired) electrons. The quantitative estimate of drug-likeness (QED) is 0.0406. The van der Waals surface area contributed by atoms with E-state index in [0.29, 0.717) is 17.1 Å². The summed E-state index contributed by atoms with van der Waals surface area (Å²) in [5, 5.41) is 64.4. The van der Waals surface area contributed by atoms with E-state index >= 15 is 0 Å². The van der Waals surface area contributed by atoms with Crippen LogP contribution in [-0.4, -0.2) is 152 Å². The molecule has 7 aromatic rings. The van der Waals surface area contributed by atoms with Crippen LogP contribution in [0.2, 0.25) is 0 Å². The average Bonchev–Trinajstić information content (AvgIpc) is 4.21. The van der Waals surface area contributed by atoms with E-state index in [1.807, 2.05) is 6.92 Å². The van der Waals surface area contributed by atoms with Crippen LogP contribution in [0.3, 0.4) is 0 Å². The molecule has 0 spiro atoms. The van der Waals surface area contributed by atoms with Crippen LogP contribution < -0.4 is 0 Å². The van der Waals surface area contributed by atoms with Crippen molar-refractivity contribution in [2.45, 2.75) is 83.2 Å². The highest BCUT2D eigenvalue weighted by Crippen LogP contribution is 2.16. The van der Waals surface area contributed by atoms with Crippen LogP contribution in [0.15, 0.2) is 84.9 Å². The highest BCUT2D eigenvalue weighted by Gasteiger charge is 2.23. The van der Waals surface area contributed by atoms with Gasteiger partial charge in [-0.2, -0.15) is 8.42 Å². The molecule has 6 aromatic heterocycles. The zero-order valence-electron chi connectivity index (χ0n) is 38.6. The molecule has 7 rings (SSSR count). The van der Waals surface area contributed by atoms with Gasteiger partial charge in [-0.25, -0.2) is 36.5 Å². The summed E-state index contributed by atoms with van der Waals surface area (Å²) in [6.45, 7) is 2.28. The summed E-state index contributed by atoms with van der Waals surface area (Å²) in [6.07, 6.45) is 9.67. The van der Waals surface area contributed by atoms with Gasteiger partial charge in [0.1, 0.15) is 112 Å². The maximum absolute atomic E-state index is 12.7. The molecule has 6 heterocycles. The van der Waals surface area contributed by atoms with Gasteiger partial charge in [0, 0.05) is 13.8 Å². The predicted octanol–water partition coefficient (Wildman–Crippen LogP) is 1.17. The number of nitrogens with zero attached hydrogens (tertiary/aromatic N) is 18. The summed E-state index contributed by atoms with van der Waals surface area (Å²) in [4.78, 5) is 63.7. The summed E-state index contributed by atoms with van der Waals surface area (Å²) in [5.41, 5.74) is 2.17. The number of hydrogen-bond donors (Lipinski definition) is 1. The lowest BCUT2D eigenvalue weighted by molar-refractivity contribution is -0.396. The van der Waals surface area contributed by atoms with Gasteiger partial charge in [-0.05, 0) is 33.8 Å². The van der Waals surface area contributed by atoms with Gasteiger partial charge in [-0.1, -0.05) is 48.3 Å². The van der Waals surface area contributed by atoms with E-state index in [0.717, 1.165) is 5.56 Å². The SMILES string of the molecule is CC(=O)OC(COS(=O)(=O)c1ccc(C)cc1)Cn1cc(Cn2ccnc2[N+](=O)[O-])nn1.CC(=O)OC(C[18F])Cn1cc(Cn2ccnc2[N+](=O)[O-])nn1.O=[N+]([O-])c1nccn1Cc1cn(CC(O)C[18F])nn1. The molecule has 35 heteroatoms. The first-order valence-corrected chi connectivity index (χ1v) is 22.4. The fourth-order valence-electron chi connectivity index (χ4n) is 6.15. The molecule has 3 atom stereocenters. The van der Waals surface area contributed by atoms with Crippen LogP contribution in [0.1, 0.15) is 36.5 Å². The minimum atomic E-state index is -4.05. The molecule has 73 heavy (non-hydrogen) atoms. The van der Waals surface area contributed by atoms with Crippen molar-refractivity contribution in [3.05, 3.63) is 133 Å². The number of aliphatic hydroxyl groups is 1. The third-order valence-electron chi connectivity index (χ3n) is 9.24. The molecule has 0 aliphatic carbocycles. The maximum Gasteiger partial charge on any atom is 0.434 e. The van der Waals surface area contributed by atoms with Gasteiger partial charge in [0.25, 0.3) is 10.1 Å². The molecule has 0 aliphatic rings. The van der Waals surface area contributed by atoms with Crippen LogP contribution in [0, 0.1) is 37.3 Å². The topological polar surface area (TPSA) is 391 Å². The van der Waals surface area contributed by atoms with Gasteiger partial charge in [0.15, 0.2) is 0 Å². The molecule has 0 saturated carbocycles. The molecule has 0 aliphatic heterocycles. The Kier molecular flexibility index (Phi) is 19.5. The molecule has 390 valence electrons. The third kappa shape index (κ3) is 16.9. The Morgan fingerprint density at radius 1 is 0.644 bits per heavy atom. The molecule has 3 unspecified atom stereocenters. The minimum Gasteiger partial charge on any atom is -0.458 e. The van der Waals surface area contributed by atoms with Gasteiger partial charge in [0.05, 0.1) is 43.1 Å². The summed E-state index contributed by atoms with van der Waals surface area (Å²) >= 11 is 0. The van der Waals surface area contributed by atoms with E-state index in [9.17, 15) is 57.1 Å². The highest BCUT2D eigenvalue weighted by atomic mass is 32.2. The first-order valence-electron chi connectivity index (χ1n) is 21.0. The van der Waals surface area contributed by atoms with Crippen molar-refractivity contribution in [2.24, 2.45) is 0 Å². The highest BCUT2D eigenvalue weighted by molar-refractivity contribution is 7.86. The standard InChI is InChI=1S/C18H20N6O7S.C11H13FN6O4.C9H11FN6O3/c1-13-3-5-17(6-4-13)32(28,29)30-12-16(31-14(2)25)11-23-10-15(20-21-23)9-22-8-7-19-18(22)24(26)27;1-8(19)22-10(4-12)7-17-6-9(14-15-17)5-16-3-2-13-11(16)18(20)21;10-3-8(17)6-15-5-7(12-13-15)4-14-2-1-11-9(14)16(18)19/h3-8,10,16H,9,11-12H2,1-2H3;2-3,6,10H,4-5,7H2,1H3;1-2,5,8,17H,3-4,6H2/i;12-1;10-1. The lowest BCUT2D eigenvalue weighted by Gasteiger charge is -2.16.